The van der Waals surface area contributed by atoms with E-state index in [1.54, 1.807) is 31.4 Å². The number of benzene rings is 2. The van der Waals surface area contributed by atoms with Crippen LogP contribution in [0.5, 0.6) is 11.5 Å². The number of anilines is 1. The lowest BCUT2D eigenvalue weighted by Crippen LogP contribution is -2.41. The molecular weight excluding hydrogens is 405 g/mol. The van der Waals surface area contributed by atoms with Gasteiger partial charge in [-0.3, -0.25) is 9.59 Å². The van der Waals surface area contributed by atoms with Crippen LogP contribution in [0.2, 0.25) is 0 Å². The largest absolute Gasteiger partial charge is 0.496 e. The Hall–Kier alpha value is -2.97. The van der Waals surface area contributed by atoms with Gasteiger partial charge in [-0.15, -0.1) is 0 Å². The van der Waals surface area contributed by atoms with E-state index in [9.17, 15) is 9.59 Å². The van der Waals surface area contributed by atoms with Crippen LogP contribution in [0.3, 0.4) is 0 Å². The van der Waals surface area contributed by atoms with Crippen LogP contribution in [-0.4, -0.2) is 58.9 Å². The number of hydrogen-bond acceptors (Lipinski definition) is 6. The number of Topliss-reactive ketones (excluding diaryl/α,β-unsaturated/α-hetero) is 1. The summed E-state index contributed by atoms with van der Waals surface area (Å²) in [5, 5.41) is 0. The van der Waals surface area contributed by atoms with Crippen LogP contribution in [0, 0.1) is 5.82 Å². The number of ether oxygens (including phenoxy) is 4. The number of carbonyl (C=O) groups excluding carboxylic acids is 2. The van der Waals surface area contributed by atoms with E-state index >= 15 is 4.39 Å². The second kappa shape index (κ2) is 9.03. The van der Waals surface area contributed by atoms with Gasteiger partial charge in [0.15, 0.2) is 5.78 Å². The highest BCUT2D eigenvalue weighted by Crippen LogP contribution is 2.46. The minimum Gasteiger partial charge on any atom is -0.496 e. The van der Waals surface area contributed by atoms with E-state index in [1.165, 1.54) is 18.1 Å². The number of halogens is 1. The molecule has 1 aliphatic heterocycles. The molecule has 2 aliphatic rings. The van der Waals surface area contributed by atoms with E-state index in [0.717, 1.165) is 0 Å². The van der Waals surface area contributed by atoms with Crippen molar-refractivity contribution in [1.82, 2.24) is 0 Å². The predicted molar refractivity (Wildman–Crippen MR) is 111 cm³/mol. The van der Waals surface area contributed by atoms with Gasteiger partial charge in [-0.05, 0) is 23.8 Å². The average molecular weight is 429 g/mol. The fourth-order valence-corrected chi connectivity index (χ4v) is 4.11. The van der Waals surface area contributed by atoms with E-state index in [0.29, 0.717) is 60.2 Å². The molecule has 4 rings (SSSR count). The number of hydrogen-bond donors (Lipinski definition) is 0. The molecular formula is C23H24FNO6. The van der Waals surface area contributed by atoms with Crippen molar-refractivity contribution in [2.45, 2.75) is 12.3 Å². The Morgan fingerprint density at radius 3 is 2.71 bits per heavy atom. The van der Waals surface area contributed by atoms with Gasteiger partial charge in [0.2, 0.25) is 0 Å². The fourth-order valence-electron chi connectivity index (χ4n) is 4.11. The molecule has 8 heteroatoms. The van der Waals surface area contributed by atoms with E-state index in [-0.39, 0.29) is 24.7 Å². The van der Waals surface area contributed by atoms with Gasteiger partial charge < -0.3 is 23.8 Å². The quantitative estimate of drug-likeness (QED) is 0.630. The van der Waals surface area contributed by atoms with Crippen molar-refractivity contribution in [3.63, 3.8) is 0 Å². The first-order chi connectivity index (χ1) is 15.0. The highest BCUT2D eigenvalue weighted by Gasteiger charge is 2.36. The maximum absolute atomic E-state index is 15.2. The molecule has 0 N–H and O–H groups in total. The van der Waals surface area contributed by atoms with E-state index in [4.69, 9.17) is 18.9 Å². The molecule has 0 spiro atoms. The number of morpholine rings is 1. The minimum atomic E-state index is -0.472. The first-order valence-electron chi connectivity index (χ1n) is 10.1. The smallest absolute Gasteiger partial charge is 0.253 e. The number of nitrogens with zero attached hydrogens (tertiary/aromatic N) is 1. The van der Waals surface area contributed by atoms with Crippen LogP contribution >= 0.6 is 0 Å². The molecule has 0 bridgehead atoms. The first kappa shape index (κ1) is 21.3. The van der Waals surface area contributed by atoms with Crippen molar-refractivity contribution in [1.29, 1.82) is 0 Å². The second-order valence-corrected chi connectivity index (χ2v) is 7.41. The zero-order valence-corrected chi connectivity index (χ0v) is 17.5. The Morgan fingerprint density at radius 1 is 1.16 bits per heavy atom. The van der Waals surface area contributed by atoms with Gasteiger partial charge in [-0.25, -0.2) is 4.39 Å². The molecule has 1 heterocycles. The number of amides is 1. The molecule has 1 amide bonds. The van der Waals surface area contributed by atoms with Crippen molar-refractivity contribution < 1.29 is 32.9 Å². The maximum atomic E-state index is 15.2. The third kappa shape index (κ3) is 4.13. The summed E-state index contributed by atoms with van der Waals surface area (Å²) in [6.45, 7) is 1.53. The Balaban J connectivity index is 1.66. The Morgan fingerprint density at radius 2 is 2.00 bits per heavy atom. The lowest BCUT2D eigenvalue weighted by molar-refractivity contribution is -0.125. The molecule has 7 nitrogen and oxygen atoms in total. The molecule has 2 aromatic rings. The zero-order chi connectivity index (χ0) is 22.0. The topological polar surface area (TPSA) is 74.3 Å². The minimum absolute atomic E-state index is 0.0140. The molecule has 164 valence electrons. The predicted octanol–water partition coefficient (Wildman–Crippen LogP) is 2.94. The summed E-state index contributed by atoms with van der Waals surface area (Å²) in [5.74, 6) is -0.259. The molecule has 2 aromatic carbocycles. The van der Waals surface area contributed by atoms with Crippen molar-refractivity contribution in [3.05, 3.63) is 52.8 Å². The van der Waals surface area contributed by atoms with Gasteiger partial charge in [0.25, 0.3) is 5.91 Å². The van der Waals surface area contributed by atoms with Crippen LogP contribution < -0.4 is 14.4 Å². The van der Waals surface area contributed by atoms with E-state index < -0.39 is 11.7 Å². The fraction of sp³-hybridized carbons (Fsp3) is 0.391. The first-order valence-corrected chi connectivity index (χ1v) is 10.1. The summed E-state index contributed by atoms with van der Waals surface area (Å²) in [7, 11) is 3.09. The summed E-state index contributed by atoms with van der Waals surface area (Å²) in [6, 6.07) is 8.07. The van der Waals surface area contributed by atoms with Crippen LogP contribution in [0.25, 0.3) is 0 Å². The number of fused-ring (bicyclic) bond motifs is 1. The normalized spacial score (nSPS) is 18.3. The number of ketones is 1. The highest BCUT2D eigenvalue weighted by atomic mass is 19.1. The summed E-state index contributed by atoms with van der Waals surface area (Å²) >= 11 is 0. The summed E-state index contributed by atoms with van der Waals surface area (Å²) in [6.07, 6.45) is 0.139. The summed E-state index contributed by atoms with van der Waals surface area (Å²) in [5.41, 5.74) is 2.00. The molecule has 1 fully saturated rings. The van der Waals surface area contributed by atoms with Crippen molar-refractivity contribution in [3.8, 4) is 11.5 Å². The van der Waals surface area contributed by atoms with Crippen LogP contribution in [-0.2, 0) is 14.3 Å². The van der Waals surface area contributed by atoms with Gasteiger partial charge in [-0.1, -0.05) is 6.07 Å². The number of rotatable bonds is 7. The molecule has 1 atom stereocenters. The van der Waals surface area contributed by atoms with E-state index in [2.05, 4.69) is 0 Å². The molecule has 1 aliphatic carbocycles. The van der Waals surface area contributed by atoms with Crippen molar-refractivity contribution in [2.75, 3.05) is 52.1 Å². The standard InChI is InChI=1S/C23H24FNO6/c1-28-7-8-31-15-10-18-20(26)12-17(23(18)21(11-15)29-2)16-4-3-14(9-19(16)24)25-5-6-30-13-22(25)27/h3-4,9-11,17H,5-8,12-13H2,1-2H3. The average Bonchev–Trinajstić information content (AvgIpc) is 3.10. The second-order valence-electron chi connectivity index (χ2n) is 7.41. The Kier molecular flexibility index (Phi) is 6.20. The van der Waals surface area contributed by atoms with Crippen LogP contribution in [0.15, 0.2) is 30.3 Å². The molecule has 1 unspecified atom stereocenters. The third-order valence-electron chi connectivity index (χ3n) is 5.59. The zero-order valence-electron chi connectivity index (χ0n) is 17.5. The van der Waals surface area contributed by atoms with Crippen LogP contribution in [0.1, 0.15) is 33.8 Å². The van der Waals surface area contributed by atoms with Crippen molar-refractivity contribution in [2.24, 2.45) is 0 Å². The Bertz CT molecular complexity index is 1010. The van der Waals surface area contributed by atoms with Gasteiger partial charge >= 0.3 is 0 Å². The lowest BCUT2D eigenvalue weighted by atomic mass is 9.91. The Labute approximate surface area is 179 Å². The summed E-state index contributed by atoms with van der Waals surface area (Å²) in [4.78, 5) is 26.3. The lowest BCUT2D eigenvalue weighted by Gasteiger charge is -2.27. The number of methoxy groups -OCH3 is 2. The monoisotopic (exact) mass is 429 g/mol. The molecule has 31 heavy (non-hydrogen) atoms. The molecule has 1 saturated heterocycles. The highest BCUT2D eigenvalue weighted by molar-refractivity contribution is 6.03. The number of carbonyl (C=O) groups is 2. The SMILES string of the molecule is COCCOc1cc(OC)c2c(c1)C(=O)CC2c1ccc(N2CCOCC2=O)cc1F. The van der Waals surface area contributed by atoms with Crippen molar-refractivity contribution >= 4 is 17.4 Å². The van der Waals surface area contributed by atoms with Gasteiger partial charge in [-0.2, -0.15) is 0 Å². The van der Waals surface area contributed by atoms with Crippen LogP contribution in [0.4, 0.5) is 10.1 Å². The van der Waals surface area contributed by atoms with E-state index in [1.807, 2.05) is 0 Å². The molecule has 0 aromatic heterocycles. The third-order valence-corrected chi connectivity index (χ3v) is 5.59. The molecule has 0 saturated carbocycles. The molecule has 0 radical (unpaired) electrons. The van der Waals surface area contributed by atoms with Gasteiger partial charge in [0.1, 0.15) is 30.5 Å². The van der Waals surface area contributed by atoms with Gasteiger partial charge in [0.05, 0.1) is 20.3 Å². The maximum Gasteiger partial charge on any atom is 0.253 e. The summed E-state index contributed by atoms with van der Waals surface area (Å²) < 4.78 is 36.4. The van der Waals surface area contributed by atoms with Gasteiger partial charge in [0, 0.05) is 48.9 Å².